The lowest BCUT2D eigenvalue weighted by atomic mass is 9.47. The zero-order valence-electron chi connectivity index (χ0n) is 15.3. The highest BCUT2D eigenvalue weighted by Crippen LogP contribution is 2.81. The number of ketones is 1. The monoisotopic (exact) mass is 372 g/mol. The fourth-order valence-corrected chi connectivity index (χ4v) is 7.75. The summed E-state index contributed by atoms with van der Waals surface area (Å²) in [4.78, 5) is 25.9. The first kappa shape index (κ1) is 14.7. The second kappa shape index (κ2) is 3.79. The largest absolute Gasteiger partial charge is 0.458 e. The number of hydrogen-bond donors (Lipinski definition) is 0. The van der Waals surface area contributed by atoms with Crippen LogP contribution in [-0.2, 0) is 28.5 Å². The number of rotatable bonds is 2. The van der Waals surface area contributed by atoms with E-state index in [1.54, 1.807) is 0 Å². The third-order valence-electron chi connectivity index (χ3n) is 9.33. The number of fused-ring (bicyclic) bond motifs is 4. The van der Waals surface area contributed by atoms with E-state index in [4.69, 9.17) is 18.9 Å². The van der Waals surface area contributed by atoms with E-state index in [9.17, 15) is 9.59 Å². The highest BCUT2D eigenvalue weighted by Gasteiger charge is 3.00. The van der Waals surface area contributed by atoms with Crippen molar-refractivity contribution in [2.24, 2.45) is 17.3 Å². The second-order valence-corrected chi connectivity index (χ2v) is 10.3. The van der Waals surface area contributed by atoms with Crippen molar-refractivity contribution in [3.63, 3.8) is 0 Å². The first-order valence-electron chi connectivity index (χ1n) is 10.5. The maximum absolute atomic E-state index is 13.8. The van der Waals surface area contributed by atoms with E-state index in [0.717, 1.165) is 30.4 Å². The summed E-state index contributed by atoms with van der Waals surface area (Å²) in [5.74, 6) is 0.847. The molecular formula is C21H24O6. The molecule has 4 heterocycles. The molecule has 0 amide bonds. The molecule has 8 atom stereocenters. The maximum Gasteiger partial charge on any atom is 0.334 e. The SMILES string of the molecule is C[C@]12CCC3=C(COC3=O)C1C[C@@H]1O[C@@]13C(=O)[C@@]1(CC4CC4)O[C@H]1[C@@H]1O[C@]123.[HH]. The minimum Gasteiger partial charge on any atom is -0.458 e. The van der Waals surface area contributed by atoms with Crippen molar-refractivity contribution in [3.8, 4) is 0 Å². The van der Waals surface area contributed by atoms with Gasteiger partial charge in [0.2, 0.25) is 5.78 Å². The zero-order valence-corrected chi connectivity index (χ0v) is 15.3. The average molecular weight is 372 g/mol. The number of carbonyl (C=O) groups excluding carboxylic acids is 2. The normalized spacial score (nSPS) is 61.1. The predicted octanol–water partition coefficient (Wildman–Crippen LogP) is 1.70. The molecule has 8 rings (SSSR count). The van der Waals surface area contributed by atoms with Gasteiger partial charge in [-0.15, -0.1) is 0 Å². The van der Waals surface area contributed by atoms with Gasteiger partial charge in [0.15, 0.2) is 11.2 Å². The predicted molar refractivity (Wildman–Crippen MR) is 90.7 cm³/mol. The van der Waals surface area contributed by atoms with Gasteiger partial charge in [-0.3, -0.25) is 4.79 Å². The van der Waals surface area contributed by atoms with Crippen LogP contribution in [0.2, 0.25) is 0 Å². The summed E-state index contributed by atoms with van der Waals surface area (Å²) in [5.41, 5.74) is -0.192. The second-order valence-electron chi connectivity index (χ2n) is 10.3. The molecular weight excluding hydrogens is 348 g/mol. The lowest BCUT2D eigenvalue weighted by Crippen LogP contribution is -2.67. The van der Waals surface area contributed by atoms with Crippen LogP contribution in [-0.4, -0.2) is 53.5 Å². The number of esters is 1. The molecule has 0 aromatic rings. The number of ether oxygens (including phenoxy) is 4. The number of carbonyl (C=O) groups is 2. The Morgan fingerprint density at radius 3 is 2.81 bits per heavy atom. The van der Waals surface area contributed by atoms with E-state index in [0.29, 0.717) is 18.9 Å². The van der Waals surface area contributed by atoms with Crippen molar-refractivity contribution in [1.29, 1.82) is 0 Å². The van der Waals surface area contributed by atoms with Crippen LogP contribution >= 0.6 is 0 Å². The van der Waals surface area contributed by atoms with Gasteiger partial charge in [-0.1, -0.05) is 19.8 Å². The molecule has 0 aromatic heterocycles. The van der Waals surface area contributed by atoms with Crippen molar-refractivity contribution in [2.45, 2.75) is 80.6 Å². The molecule has 0 N–H and O–H groups in total. The minimum atomic E-state index is -0.799. The Bertz CT molecular complexity index is 911. The molecule has 6 fully saturated rings. The Hall–Kier alpha value is -1.24. The van der Waals surface area contributed by atoms with Crippen LogP contribution in [0.15, 0.2) is 11.1 Å². The van der Waals surface area contributed by atoms with Gasteiger partial charge in [-0.2, -0.15) is 0 Å². The number of Topliss-reactive ketones (excluding diaryl/α,β-unsaturated/α-hetero) is 1. The van der Waals surface area contributed by atoms with Crippen molar-refractivity contribution in [2.75, 3.05) is 6.61 Å². The summed E-state index contributed by atoms with van der Waals surface area (Å²) >= 11 is 0. The maximum atomic E-state index is 13.8. The average Bonchev–Trinajstić information content (AvgIpc) is 3.49. The van der Waals surface area contributed by atoms with Crippen LogP contribution in [0.4, 0.5) is 0 Å². The van der Waals surface area contributed by atoms with Gasteiger partial charge in [0, 0.05) is 12.4 Å². The van der Waals surface area contributed by atoms with Crippen molar-refractivity contribution >= 4 is 11.8 Å². The lowest BCUT2D eigenvalue weighted by molar-refractivity contribution is -0.138. The minimum absolute atomic E-state index is 0. The Morgan fingerprint density at radius 1 is 1.15 bits per heavy atom. The van der Waals surface area contributed by atoms with Crippen LogP contribution in [0.1, 0.15) is 46.9 Å². The number of hydrogen-bond acceptors (Lipinski definition) is 6. The van der Waals surface area contributed by atoms with Crippen LogP contribution in [0.3, 0.4) is 0 Å². The van der Waals surface area contributed by atoms with Gasteiger partial charge >= 0.3 is 5.97 Å². The van der Waals surface area contributed by atoms with E-state index in [-0.39, 0.29) is 42.8 Å². The van der Waals surface area contributed by atoms with E-state index in [2.05, 4.69) is 6.92 Å². The summed E-state index contributed by atoms with van der Waals surface area (Å²) in [5, 5.41) is 0. The highest BCUT2D eigenvalue weighted by atomic mass is 16.7. The quantitative estimate of drug-likeness (QED) is 0.542. The van der Waals surface area contributed by atoms with E-state index >= 15 is 0 Å². The van der Waals surface area contributed by atoms with Gasteiger partial charge in [-0.05, 0) is 43.1 Å². The Kier molecular flexibility index (Phi) is 2.06. The van der Waals surface area contributed by atoms with Crippen molar-refractivity contribution in [3.05, 3.63) is 11.1 Å². The third-order valence-corrected chi connectivity index (χ3v) is 9.33. The topological polar surface area (TPSA) is 81.0 Å². The van der Waals surface area contributed by atoms with Gasteiger partial charge in [0.05, 0.1) is 6.10 Å². The molecule has 6 nitrogen and oxygen atoms in total. The van der Waals surface area contributed by atoms with Gasteiger partial charge in [0.25, 0.3) is 0 Å². The number of epoxide rings is 3. The van der Waals surface area contributed by atoms with Crippen LogP contribution in [0.5, 0.6) is 0 Å². The van der Waals surface area contributed by atoms with Crippen LogP contribution in [0, 0.1) is 17.3 Å². The molecule has 3 saturated heterocycles. The molecule has 3 saturated carbocycles. The first-order valence-corrected chi connectivity index (χ1v) is 10.5. The van der Waals surface area contributed by atoms with Gasteiger partial charge in [0.1, 0.15) is 24.4 Å². The Balaban J connectivity index is 0.00000144. The van der Waals surface area contributed by atoms with Gasteiger partial charge < -0.3 is 18.9 Å². The molecule has 4 aliphatic heterocycles. The standard InChI is InChI=1S/C21H22O6.H2/c1-18-5-4-10-11(8-24-16(10)22)12(18)6-13-20(25-13)17(23)19(7-9-2-3-9)14(26-19)15-21(18,20)27-15;/h9,12-15H,2-8H2,1H3;1H/t12?,13-,14-,15-,18-,19-,20+,21+;/m0./s1. The summed E-state index contributed by atoms with van der Waals surface area (Å²) in [6.45, 7) is 2.65. The van der Waals surface area contributed by atoms with Crippen LogP contribution in [0.25, 0.3) is 0 Å². The fourth-order valence-electron chi connectivity index (χ4n) is 7.75. The van der Waals surface area contributed by atoms with E-state index in [1.807, 2.05) is 0 Å². The third kappa shape index (κ3) is 1.26. The first-order chi connectivity index (χ1) is 13.0. The summed E-state index contributed by atoms with van der Waals surface area (Å²) in [6, 6.07) is 0. The van der Waals surface area contributed by atoms with Gasteiger partial charge in [-0.25, -0.2) is 4.79 Å². The molecule has 0 aromatic carbocycles. The molecule has 0 bridgehead atoms. The number of cyclic esters (lactones) is 1. The molecule has 1 unspecified atom stereocenters. The smallest absolute Gasteiger partial charge is 0.334 e. The Labute approximate surface area is 158 Å². The zero-order chi connectivity index (χ0) is 18.0. The van der Waals surface area contributed by atoms with E-state index in [1.165, 1.54) is 12.8 Å². The van der Waals surface area contributed by atoms with Crippen LogP contribution < -0.4 is 0 Å². The molecule has 4 aliphatic carbocycles. The summed E-state index contributed by atoms with van der Waals surface area (Å²) in [6.07, 6.45) is 5.40. The highest BCUT2D eigenvalue weighted by molar-refractivity contribution is 6.05. The molecule has 0 radical (unpaired) electrons. The molecule has 8 aliphatic rings. The fraction of sp³-hybridized carbons (Fsp3) is 0.810. The molecule has 2 spiro atoms. The lowest BCUT2D eigenvalue weighted by Gasteiger charge is -2.51. The molecule has 144 valence electrons. The Morgan fingerprint density at radius 2 is 2.00 bits per heavy atom. The van der Waals surface area contributed by atoms with E-state index < -0.39 is 16.8 Å². The molecule has 6 heteroatoms. The van der Waals surface area contributed by atoms with Crippen molar-refractivity contribution < 1.29 is 30.0 Å². The van der Waals surface area contributed by atoms with Crippen molar-refractivity contribution in [1.82, 2.24) is 0 Å². The summed E-state index contributed by atoms with van der Waals surface area (Å²) in [7, 11) is 0. The summed E-state index contributed by atoms with van der Waals surface area (Å²) < 4.78 is 24.3. The molecule has 27 heavy (non-hydrogen) atoms.